The van der Waals surface area contributed by atoms with Crippen LogP contribution in [0.25, 0.3) is 0 Å². The molecule has 0 atom stereocenters. The van der Waals surface area contributed by atoms with E-state index in [1.165, 1.54) is 25.7 Å². The SMILES string of the molecule is CC1(N)CCC(C2C3CC4CC(C3)CC2C4)CC1. The van der Waals surface area contributed by atoms with Gasteiger partial charge in [-0.25, -0.2) is 0 Å². The van der Waals surface area contributed by atoms with Gasteiger partial charge in [-0.05, 0) is 100 Å². The van der Waals surface area contributed by atoms with Crippen LogP contribution in [0.3, 0.4) is 0 Å². The Morgan fingerprint density at radius 1 is 0.778 bits per heavy atom. The number of rotatable bonds is 1. The molecule has 102 valence electrons. The van der Waals surface area contributed by atoms with E-state index in [9.17, 15) is 0 Å². The van der Waals surface area contributed by atoms with Crippen molar-refractivity contribution >= 4 is 0 Å². The molecule has 0 heterocycles. The quantitative estimate of drug-likeness (QED) is 0.745. The van der Waals surface area contributed by atoms with Crippen molar-refractivity contribution in [2.45, 2.75) is 70.3 Å². The number of nitrogens with two attached hydrogens (primary N) is 1. The summed E-state index contributed by atoms with van der Waals surface area (Å²) >= 11 is 0. The van der Waals surface area contributed by atoms with Gasteiger partial charge in [0.25, 0.3) is 0 Å². The molecule has 18 heavy (non-hydrogen) atoms. The molecule has 0 unspecified atom stereocenters. The second-order valence-corrected chi connectivity index (χ2v) is 8.50. The average molecular weight is 247 g/mol. The van der Waals surface area contributed by atoms with Crippen LogP contribution >= 0.6 is 0 Å². The highest BCUT2D eigenvalue weighted by molar-refractivity contribution is 5.01. The normalized spacial score (nSPS) is 59.0. The lowest BCUT2D eigenvalue weighted by Crippen LogP contribution is -2.50. The fourth-order valence-corrected chi connectivity index (χ4v) is 6.42. The molecular formula is C17H29N. The highest BCUT2D eigenvalue weighted by Crippen LogP contribution is 2.60. The van der Waals surface area contributed by atoms with Crippen LogP contribution in [0.15, 0.2) is 0 Å². The third-order valence-electron chi connectivity index (χ3n) is 7.02. The monoisotopic (exact) mass is 247 g/mol. The van der Waals surface area contributed by atoms with E-state index < -0.39 is 0 Å². The minimum atomic E-state index is 0.155. The first-order valence-corrected chi connectivity index (χ1v) is 8.39. The summed E-state index contributed by atoms with van der Waals surface area (Å²) in [6.45, 7) is 2.26. The highest BCUT2D eigenvalue weighted by atomic mass is 14.7. The number of hydrogen-bond donors (Lipinski definition) is 1. The van der Waals surface area contributed by atoms with E-state index in [1.807, 2.05) is 0 Å². The van der Waals surface area contributed by atoms with Gasteiger partial charge in [-0.15, -0.1) is 0 Å². The molecule has 0 aromatic rings. The van der Waals surface area contributed by atoms with Crippen LogP contribution < -0.4 is 5.73 Å². The topological polar surface area (TPSA) is 26.0 Å². The minimum absolute atomic E-state index is 0.155. The van der Waals surface area contributed by atoms with E-state index in [1.54, 1.807) is 32.1 Å². The number of hydrogen-bond acceptors (Lipinski definition) is 1. The minimum Gasteiger partial charge on any atom is -0.325 e. The lowest BCUT2D eigenvalue weighted by atomic mass is 9.48. The fraction of sp³-hybridized carbons (Fsp3) is 1.00. The van der Waals surface area contributed by atoms with Gasteiger partial charge in [-0.3, -0.25) is 0 Å². The predicted octanol–water partition coefficient (Wildman–Crippen LogP) is 3.97. The molecule has 0 radical (unpaired) electrons. The van der Waals surface area contributed by atoms with Crippen molar-refractivity contribution in [3.8, 4) is 0 Å². The molecule has 4 bridgehead atoms. The molecule has 0 aromatic heterocycles. The van der Waals surface area contributed by atoms with Crippen LogP contribution in [-0.4, -0.2) is 5.54 Å². The van der Waals surface area contributed by atoms with Crippen LogP contribution in [0.5, 0.6) is 0 Å². The van der Waals surface area contributed by atoms with Crippen LogP contribution in [0, 0.1) is 35.5 Å². The molecule has 0 aliphatic heterocycles. The van der Waals surface area contributed by atoms with Crippen LogP contribution in [0.2, 0.25) is 0 Å². The van der Waals surface area contributed by atoms with Crippen molar-refractivity contribution in [2.75, 3.05) is 0 Å². The van der Waals surface area contributed by atoms with Gasteiger partial charge in [0.2, 0.25) is 0 Å². The lowest BCUT2D eigenvalue weighted by molar-refractivity contribution is -0.0707. The standard InChI is InChI=1S/C17H29N/c1-17(18)4-2-13(3-5-17)16-14-7-11-6-12(9-14)10-15(16)8-11/h11-16H,2-10,18H2,1H3. The summed E-state index contributed by atoms with van der Waals surface area (Å²) in [5, 5.41) is 0. The summed E-state index contributed by atoms with van der Waals surface area (Å²) < 4.78 is 0. The summed E-state index contributed by atoms with van der Waals surface area (Å²) in [6, 6.07) is 0. The average Bonchev–Trinajstić information content (AvgIpc) is 2.29. The van der Waals surface area contributed by atoms with Crippen molar-refractivity contribution in [3.05, 3.63) is 0 Å². The van der Waals surface area contributed by atoms with Gasteiger partial charge in [-0.1, -0.05) is 0 Å². The second kappa shape index (κ2) is 3.98. The van der Waals surface area contributed by atoms with Crippen molar-refractivity contribution in [1.82, 2.24) is 0 Å². The summed E-state index contributed by atoms with van der Waals surface area (Å²) in [7, 11) is 0. The Bertz CT molecular complexity index is 295. The van der Waals surface area contributed by atoms with E-state index in [4.69, 9.17) is 5.73 Å². The maximum atomic E-state index is 6.31. The first kappa shape index (κ1) is 11.8. The molecule has 0 aromatic carbocycles. The summed E-state index contributed by atoms with van der Waals surface area (Å²) in [6.07, 6.45) is 13.4. The van der Waals surface area contributed by atoms with E-state index in [0.717, 1.165) is 35.5 Å². The molecular weight excluding hydrogens is 218 g/mol. The van der Waals surface area contributed by atoms with Crippen molar-refractivity contribution < 1.29 is 0 Å². The zero-order chi connectivity index (χ0) is 12.3. The van der Waals surface area contributed by atoms with Crippen molar-refractivity contribution in [2.24, 2.45) is 41.2 Å². The zero-order valence-electron chi connectivity index (χ0n) is 11.9. The van der Waals surface area contributed by atoms with Crippen LogP contribution in [-0.2, 0) is 0 Å². The molecule has 5 aliphatic rings. The van der Waals surface area contributed by atoms with E-state index in [-0.39, 0.29) is 5.54 Å². The summed E-state index contributed by atoms with van der Waals surface area (Å²) in [5.41, 5.74) is 6.47. The van der Waals surface area contributed by atoms with Crippen molar-refractivity contribution in [3.63, 3.8) is 0 Å². The van der Waals surface area contributed by atoms with Gasteiger partial charge in [0.05, 0.1) is 0 Å². The molecule has 5 fully saturated rings. The fourth-order valence-electron chi connectivity index (χ4n) is 6.42. The smallest absolute Gasteiger partial charge is 0.0126 e. The predicted molar refractivity (Wildman–Crippen MR) is 75.1 cm³/mol. The second-order valence-electron chi connectivity index (χ2n) is 8.50. The maximum Gasteiger partial charge on any atom is 0.0126 e. The largest absolute Gasteiger partial charge is 0.325 e. The third-order valence-corrected chi connectivity index (χ3v) is 7.02. The summed E-state index contributed by atoms with van der Waals surface area (Å²) in [5.74, 6) is 6.64. The van der Waals surface area contributed by atoms with Gasteiger partial charge in [-0.2, -0.15) is 0 Å². The molecule has 5 saturated carbocycles. The Morgan fingerprint density at radius 3 is 1.78 bits per heavy atom. The van der Waals surface area contributed by atoms with E-state index in [2.05, 4.69) is 6.92 Å². The Morgan fingerprint density at radius 2 is 1.28 bits per heavy atom. The molecule has 2 N–H and O–H groups in total. The Labute approximate surface area is 112 Å². The molecule has 0 amide bonds. The third kappa shape index (κ3) is 1.85. The van der Waals surface area contributed by atoms with E-state index in [0.29, 0.717) is 0 Å². The van der Waals surface area contributed by atoms with Gasteiger partial charge in [0.1, 0.15) is 0 Å². The molecule has 0 saturated heterocycles. The van der Waals surface area contributed by atoms with Crippen LogP contribution in [0.1, 0.15) is 64.7 Å². The Balaban J connectivity index is 1.49. The Kier molecular flexibility index (Phi) is 2.60. The molecule has 1 heteroatoms. The highest BCUT2D eigenvalue weighted by Gasteiger charge is 2.50. The zero-order valence-corrected chi connectivity index (χ0v) is 11.9. The van der Waals surface area contributed by atoms with Gasteiger partial charge >= 0.3 is 0 Å². The van der Waals surface area contributed by atoms with Gasteiger partial charge in [0.15, 0.2) is 0 Å². The molecule has 5 rings (SSSR count). The molecule has 0 spiro atoms. The Hall–Kier alpha value is -0.0400. The summed E-state index contributed by atoms with van der Waals surface area (Å²) in [4.78, 5) is 0. The lowest BCUT2D eigenvalue weighted by Gasteiger charge is -2.57. The maximum absolute atomic E-state index is 6.31. The first-order valence-electron chi connectivity index (χ1n) is 8.39. The first-order chi connectivity index (χ1) is 8.61. The van der Waals surface area contributed by atoms with Gasteiger partial charge < -0.3 is 5.73 Å². The van der Waals surface area contributed by atoms with Crippen LogP contribution in [0.4, 0.5) is 0 Å². The van der Waals surface area contributed by atoms with Crippen molar-refractivity contribution in [1.29, 1.82) is 0 Å². The molecule has 1 nitrogen and oxygen atoms in total. The van der Waals surface area contributed by atoms with Gasteiger partial charge in [0, 0.05) is 5.54 Å². The van der Waals surface area contributed by atoms with E-state index >= 15 is 0 Å². The molecule has 5 aliphatic carbocycles.